The summed E-state index contributed by atoms with van der Waals surface area (Å²) in [6, 6.07) is 0.378. The molecule has 1 N–H and O–H groups in total. The summed E-state index contributed by atoms with van der Waals surface area (Å²) >= 11 is 0. The monoisotopic (exact) mass is 292 g/mol. The van der Waals surface area contributed by atoms with E-state index in [4.69, 9.17) is 4.98 Å². The zero-order chi connectivity index (χ0) is 16.6. The molecule has 0 spiro atoms. The van der Waals surface area contributed by atoms with Gasteiger partial charge < -0.3 is 10.2 Å². The maximum atomic E-state index is 4.86. The molecule has 0 radical (unpaired) electrons. The summed E-state index contributed by atoms with van der Waals surface area (Å²) in [6.45, 7) is 17.5. The summed E-state index contributed by atoms with van der Waals surface area (Å²) in [5.74, 6) is 2.81. The van der Waals surface area contributed by atoms with Crippen molar-refractivity contribution in [1.29, 1.82) is 0 Å². The van der Waals surface area contributed by atoms with E-state index < -0.39 is 0 Å². The highest BCUT2D eigenvalue weighted by Gasteiger charge is 2.28. The van der Waals surface area contributed by atoms with Crippen LogP contribution in [0.4, 0.5) is 11.6 Å². The molecule has 0 aliphatic carbocycles. The van der Waals surface area contributed by atoms with Gasteiger partial charge in [-0.25, -0.2) is 9.97 Å². The largest absolute Gasteiger partial charge is 0.373 e. The smallest absolute Gasteiger partial charge is 0.138 e. The Morgan fingerprint density at radius 2 is 1.57 bits per heavy atom. The van der Waals surface area contributed by atoms with Crippen LogP contribution in [0.3, 0.4) is 0 Å². The lowest BCUT2D eigenvalue weighted by molar-refractivity contribution is 0.328. The normalized spacial score (nSPS) is 14.0. The number of aromatic nitrogens is 2. The Morgan fingerprint density at radius 3 is 1.95 bits per heavy atom. The lowest BCUT2D eigenvalue weighted by Gasteiger charge is -2.37. The van der Waals surface area contributed by atoms with E-state index in [0.717, 1.165) is 23.0 Å². The van der Waals surface area contributed by atoms with E-state index in [-0.39, 0.29) is 10.8 Å². The summed E-state index contributed by atoms with van der Waals surface area (Å²) in [5, 5.41) is 3.20. The standard InChI is InChI=1S/C17H32N4/c1-11-13(18-9)19-15(17(6,7)8)20-14(11)21(10)12(2)16(3,4)5/h12H,1-10H3,(H,18,19,20). The fourth-order valence-corrected chi connectivity index (χ4v) is 2.19. The van der Waals surface area contributed by atoms with Gasteiger partial charge in [-0.05, 0) is 19.3 Å². The van der Waals surface area contributed by atoms with Crippen LogP contribution in [0.15, 0.2) is 0 Å². The van der Waals surface area contributed by atoms with E-state index in [1.54, 1.807) is 0 Å². The number of anilines is 2. The molecule has 0 aliphatic heterocycles. The molecular weight excluding hydrogens is 260 g/mol. The van der Waals surface area contributed by atoms with E-state index in [0.29, 0.717) is 6.04 Å². The van der Waals surface area contributed by atoms with Gasteiger partial charge in [0.2, 0.25) is 0 Å². The molecule has 1 atom stereocenters. The van der Waals surface area contributed by atoms with Gasteiger partial charge >= 0.3 is 0 Å². The SMILES string of the molecule is CNc1nc(C(C)(C)C)nc(N(C)C(C)C(C)(C)C)c1C. The molecule has 1 unspecified atom stereocenters. The van der Waals surface area contributed by atoms with E-state index in [1.165, 1.54) is 0 Å². The quantitative estimate of drug-likeness (QED) is 0.914. The van der Waals surface area contributed by atoms with Crippen molar-refractivity contribution >= 4 is 11.6 Å². The molecule has 0 amide bonds. The van der Waals surface area contributed by atoms with Crippen molar-refractivity contribution in [1.82, 2.24) is 9.97 Å². The number of nitrogens with one attached hydrogen (secondary N) is 1. The van der Waals surface area contributed by atoms with E-state index in [9.17, 15) is 0 Å². The first-order valence-electron chi connectivity index (χ1n) is 7.69. The van der Waals surface area contributed by atoms with Gasteiger partial charge in [0.05, 0.1) is 0 Å². The third kappa shape index (κ3) is 3.86. The summed E-state index contributed by atoms with van der Waals surface area (Å²) in [5.41, 5.74) is 1.22. The van der Waals surface area contributed by atoms with Crippen LogP contribution < -0.4 is 10.2 Å². The highest BCUT2D eigenvalue weighted by Crippen LogP contribution is 2.32. The summed E-state index contributed by atoms with van der Waals surface area (Å²) in [4.78, 5) is 11.8. The van der Waals surface area contributed by atoms with Crippen LogP contribution in [-0.2, 0) is 5.41 Å². The molecule has 4 heteroatoms. The summed E-state index contributed by atoms with van der Waals surface area (Å²) < 4.78 is 0. The second kappa shape index (κ2) is 5.82. The maximum absolute atomic E-state index is 4.86. The molecule has 0 saturated heterocycles. The third-order valence-corrected chi connectivity index (χ3v) is 4.20. The van der Waals surface area contributed by atoms with Crippen molar-refractivity contribution in [2.45, 2.75) is 66.8 Å². The van der Waals surface area contributed by atoms with Crippen molar-refractivity contribution < 1.29 is 0 Å². The van der Waals surface area contributed by atoms with Gasteiger partial charge in [-0.15, -0.1) is 0 Å². The van der Waals surface area contributed by atoms with Crippen molar-refractivity contribution in [2.24, 2.45) is 5.41 Å². The number of nitrogens with zero attached hydrogens (tertiary/aromatic N) is 3. The minimum atomic E-state index is -0.0696. The van der Waals surface area contributed by atoms with Gasteiger partial charge in [0, 0.05) is 31.1 Å². The van der Waals surface area contributed by atoms with Gasteiger partial charge in [-0.3, -0.25) is 0 Å². The average molecular weight is 292 g/mol. The Hall–Kier alpha value is -1.32. The minimum absolute atomic E-state index is 0.0696. The molecule has 4 nitrogen and oxygen atoms in total. The minimum Gasteiger partial charge on any atom is -0.373 e. The molecule has 0 aliphatic rings. The Morgan fingerprint density at radius 1 is 1.05 bits per heavy atom. The Bertz CT molecular complexity index is 495. The van der Waals surface area contributed by atoms with Gasteiger partial charge in [-0.1, -0.05) is 41.5 Å². The predicted molar refractivity (Wildman–Crippen MR) is 92.3 cm³/mol. The zero-order valence-electron chi connectivity index (χ0n) is 15.4. The van der Waals surface area contributed by atoms with Crippen molar-refractivity contribution in [3.05, 3.63) is 11.4 Å². The highest BCUT2D eigenvalue weighted by atomic mass is 15.2. The molecule has 1 aromatic rings. The fourth-order valence-electron chi connectivity index (χ4n) is 2.19. The first kappa shape index (κ1) is 17.7. The van der Waals surface area contributed by atoms with Crippen LogP contribution in [0, 0.1) is 12.3 Å². The van der Waals surface area contributed by atoms with Crippen molar-refractivity contribution in [3.63, 3.8) is 0 Å². The number of hydrogen-bond donors (Lipinski definition) is 1. The van der Waals surface area contributed by atoms with Gasteiger partial charge in [-0.2, -0.15) is 0 Å². The molecule has 1 rings (SSSR count). The van der Waals surface area contributed by atoms with Crippen molar-refractivity contribution in [3.8, 4) is 0 Å². The Labute approximate surface area is 130 Å². The van der Waals surface area contributed by atoms with Gasteiger partial charge in [0.25, 0.3) is 0 Å². The fraction of sp³-hybridized carbons (Fsp3) is 0.765. The first-order valence-corrected chi connectivity index (χ1v) is 7.69. The lowest BCUT2D eigenvalue weighted by atomic mass is 9.87. The van der Waals surface area contributed by atoms with E-state index >= 15 is 0 Å². The highest BCUT2D eigenvalue weighted by molar-refractivity contribution is 5.59. The molecule has 1 heterocycles. The third-order valence-electron chi connectivity index (χ3n) is 4.20. The molecule has 0 aromatic carbocycles. The van der Waals surface area contributed by atoms with Gasteiger partial charge in [0.15, 0.2) is 0 Å². The van der Waals surface area contributed by atoms with Gasteiger partial charge in [0.1, 0.15) is 17.5 Å². The van der Waals surface area contributed by atoms with Crippen LogP contribution >= 0.6 is 0 Å². The first-order chi connectivity index (χ1) is 9.39. The molecule has 0 saturated carbocycles. The maximum Gasteiger partial charge on any atom is 0.138 e. The van der Waals surface area contributed by atoms with E-state index in [1.807, 2.05) is 7.05 Å². The molecule has 0 bridgehead atoms. The second-order valence-electron chi connectivity index (χ2n) is 8.00. The van der Waals surface area contributed by atoms with E-state index in [2.05, 4.69) is 77.6 Å². The molecule has 0 fully saturated rings. The van der Waals surface area contributed by atoms with Crippen LogP contribution in [0.25, 0.3) is 0 Å². The van der Waals surface area contributed by atoms with Crippen LogP contribution in [-0.4, -0.2) is 30.1 Å². The predicted octanol–water partition coefficient (Wildman–Crippen LogP) is 4.00. The molecule has 1 aromatic heterocycles. The topological polar surface area (TPSA) is 41.1 Å². The van der Waals surface area contributed by atoms with Crippen LogP contribution in [0.2, 0.25) is 0 Å². The molecular formula is C17H32N4. The average Bonchev–Trinajstić information content (AvgIpc) is 2.34. The molecule has 21 heavy (non-hydrogen) atoms. The number of rotatable bonds is 3. The Kier molecular flexibility index (Phi) is 4.91. The van der Waals surface area contributed by atoms with Crippen molar-refractivity contribution in [2.75, 3.05) is 24.3 Å². The lowest BCUT2D eigenvalue weighted by Crippen LogP contribution is -2.40. The number of hydrogen-bond acceptors (Lipinski definition) is 4. The second-order valence-corrected chi connectivity index (χ2v) is 8.00. The summed E-state index contributed by atoms with van der Waals surface area (Å²) in [6.07, 6.45) is 0. The van der Waals surface area contributed by atoms with Crippen LogP contribution in [0.1, 0.15) is 59.9 Å². The Balaban J connectivity index is 3.41. The summed E-state index contributed by atoms with van der Waals surface area (Å²) in [7, 11) is 4.04. The van der Waals surface area contributed by atoms with Crippen LogP contribution in [0.5, 0.6) is 0 Å². The zero-order valence-corrected chi connectivity index (χ0v) is 15.4. The molecule has 120 valence electrons.